The van der Waals surface area contributed by atoms with Crippen LogP contribution in [0.1, 0.15) is 31.2 Å². The van der Waals surface area contributed by atoms with Crippen LogP contribution >= 0.6 is 11.6 Å². The lowest BCUT2D eigenvalue weighted by Crippen LogP contribution is -2.45. The predicted molar refractivity (Wildman–Crippen MR) is 94.8 cm³/mol. The second kappa shape index (κ2) is 7.41. The van der Waals surface area contributed by atoms with Crippen LogP contribution in [0.15, 0.2) is 48.8 Å². The van der Waals surface area contributed by atoms with Gasteiger partial charge >= 0.3 is 0 Å². The molecule has 0 saturated carbocycles. The molecule has 1 aromatic heterocycles. The average Bonchev–Trinajstić information content (AvgIpc) is 3.09. The number of aryl methyl sites for hydroxylation is 1. The molecule has 1 N–H and O–H groups in total. The van der Waals surface area contributed by atoms with Gasteiger partial charge in [-0.1, -0.05) is 23.7 Å². The van der Waals surface area contributed by atoms with Gasteiger partial charge in [-0.25, -0.2) is 0 Å². The maximum absolute atomic E-state index is 12.3. The Balaban J connectivity index is 1.48. The van der Waals surface area contributed by atoms with Gasteiger partial charge < -0.3 is 14.6 Å². The number of carbonyl (C=O) groups is 1. The molecule has 1 fully saturated rings. The minimum absolute atomic E-state index is 0.181. The lowest BCUT2D eigenvalue weighted by Gasteiger charge is -2.38. The number of aromatic nitrogens is 1. The molecule has 0 aliphatic carbocycles. The van der Waals surface area contributed by atoms with E-state index in [0.717, 1.165) is 18.5 Å². The predicted octanol–water partition coefficient (Wildman–Crippen LogP) is 3.43. The van der Waals surface area contributed by atoms with Gasteiger partial charge in [-0.15, -0.1) is 0 Å². The molecule has 0 bridgehead atoms. The first-order valence-electron chi connectivity index (χ1n) is 8.44. The Labute approximate surface area is 147 Å². The number of nitrogens with zero attached hydrogens (tertiary/aromatic N) is 2. The summed E-state index contributed by atoms with van der Waals surface area (Å²) in [7, 11) is 0. The van der Waals surface area contributed by atoms with Crippen LogP contribution < -0.4 is 0 Å². The Morgan fingerprint density at radius 1 is 1.12 bits per heavy atom. The van der Waals surface area contributed by atoms with Crippen molar-refractivity contribution in [1.29, 1.82) is 0 Å². The van der Waals surface area contributed by atoms with Crippen molar-refractivity contribution in [2.24, 2.45) is 0 Å². The van der Waals surface area contributed by atoms with Crippen LogP contribution in [0.2, 0.25) is 5.02 Å². The van der Waals surface area contributed by atoms with Gasteiger partial charge in [0, 0.05) is 43.5 Å². The van der Waals surface area contributed by atoms with Gasteiger partial charge in [-0.05, 0) is 49.1 Å². The first-order chi connectivity index (χ1) is 11.6. The lowest BCUT2D eigenvalue weighted by atomic mass is 9.84. The third-order valence-corrected chi connectivity index (χ3v) is 5.05. The van der Waals surface area contributed by atoms with Crippen molar-refractivity contribution in [2.45, 2.75) is 37.8 Å². The number of likely N-dealkylation sites (tertiary alicyclic amines) is 1. The molecule has 1 amide bonds. The first-order valence-corrected chi connectivity index (χ1v) is 8.82. The maximum Gasteiger partial charge on any atom is 0.222 e. The maximum atomic E-state index is 12.3. The Kier molecular flexibility index (Phi) is 5.27. The quantitative estimate of drug-likeness (QED) is 0.901. The molecule has 1 saturated heterocycles. The summed E-state index contributed by atoms with van der Waals surface area (Å²) in [6.45, 7) is 2.06. The number of piperidine rings is 1. The van der Waals surface area contributed by atoms with E-state index in [1.165, 1.54) is 0 Å². The summed E-state index contributed by atoms with van der Waals surface area (Å²) in [5.41, 5.74) is 0.0265. The van der Waals surface area contributed by atoms with Crippen molar-refractivity contribution in [2.75, 3.05) is 13.1 Å². The molecule has 0 spiro atoms. The Morgan fingerprint density at radius 2 is 1.75 bits per heavy atom. The molecule has 0 unspecified atom stereocenters. The van der Waals surface area contributed by atoms with E-state index in [-0.39, 0.29) is 5.91 Å². The van der Waals surface area contributed by atoms with E-state index >= 15 is 0 Å². The third-order valence-electron chi connectivity index (χ3n) is 4.80. The lowest BCUT2D eigenvalue weighted by molar-refractivity contribution is -0.135. The molecule has 0 atom stereocenters. The normalized spacial score (nSPS) is 17.0. The minimum Gasteiger partial charge on any atom is -0.385 e. The van der Waals surface area contributed by atoms with E-state index < -0.39 is 5.60 Å². The Hall–Kier alpha value is -1.78. The van der Waals surface area contributed by atoms with Crippen LogP contribution in [-0.4, -0.2) is 33.6 Å². The highest BCUT2D eigenvalue weighted by Crippen LogP contribution is 2.33. The molecule has 1 aliphatic heterocycles. The molecule has 0 radical (unpaired) electrons. The zero-order valence-electron chi connectivity index (χ0n) is 13.7. The van der Waals surface area contributed by atoms with E-state index in [9.17, 15) is 9.90 Å². The first kappa shape index (κ1) is 17.1. The molecule has 4 nitrogen and oxygen atoms in total. The highest BCUT2D eigenvalue weighted by Gasteiger charge is 2.35. The van der Waals surface area contributed by atoms with Crippen molar-refractivity contribution < 1.29 is 9.90 Å². The summed E-state index contributed by atoms with van der Waals surface area (Å²) in [6.07, 6.45) is 6.55. The zero-order chi connectivity index (χ0) is 17.0. The monoisotopic (exact) mass is 346 g/mol. The number of carbonyl (C=O) groups excluding carboxylic acids is 1. The highest BCUT2D eigenvalue weighted by atomic mass is 35.5. The van der Waals surface area contributed by atoms with E-state index in [1.807, 2.05) is 41.6 Å². The molecule has 24 heavy (non-hydrogen) atoms. The van der Waals surface area contributed by atoms with E-state index in [0.29, 0.717) is 37.4 Å². The summed E-state index contributed by atoms with van der Waals surface area (Å²) in [4.78, 5) is 14.2. The molecule has 1 aliphatic rings. The van der Waals surface area contributed by atoms with Crippen molar-refractivity contribution in [3.63, 3.8) is 0 Å². The molecule has 2 heterocycles. The third kappa shape index (κ3) is 4.00. The number of hydrogen-bond donors (Lipinski definition) is 1. The van der Waals surface area contributed by atoms with Crippen LogP contribution in [-0.2, 0) is 16.9 Å². The molecular formula is C19H23ClN2O2. The summed E-state index contributed by atoms with van der Waals surface area (Å²) in [5.74, 6) is 0.181. The SMILES string of the molecule is O=C(CCCn1cccc1)N1CCC(O)(c2ccc(Cl)cc2)CC1. The van der Waals surface area contributed by atoms with E-state index in [1.54, 1.807) is 12.1 Å². The molecule has 3 rings (SSSR count). The molecular weight excluding hydrogens is 324 g/mol. The van der Waals surface area contributed by atoms with Crippen LogP contribution in [0.3, 0.4) is 0 Å². The standard InChI is InChI=1S/C19H23ClN2O2/c20-17-7-5-16(6-8-17)19(24)9-14-22(15-10-19)18(23)4-3-13-21-11-1-2-12-21/h1-2,5-8,11-12,24H,3-4,9-10,13-15H2. The van der Waals surface area contributed by atoms with Crippen molar-refractivity contribution >= 4 is 17.5 Å². The number of amides is 1. The fourth-order valence-corrected chi connectivity index (χ4v) is 3.39. The summed E-state index contributed by atoms with van der Waals surface area (Å²) < 4.78 is 2.09. The topological polar surface area (TPSA) is 45.5 Å². The number of rotatable bonds is 5. The van der Waals surface area contributed by atoms with Gasteiger partial charge in [-0.3, -0.25) is 4.79 Å². The summed E-state index contributed by atoms with van der Waals surface area (Å²) in [6, 6.07) is 11.3. The van der Waals surface area contributed by atoms with Crippen molar-refractivity contribution in [3.05, 3.63) is 59.4 Å². The van der Waals surface area contributed by atoms with Gasteiger partial charge in [0.25, 0.3) is 0 Å². The smallest absolute Gasteiger partial charge is 0.222 e. The molecule has 128 valence electrons. The van der Waals surface area contributed by atoms with E-state index in [4.69, 9.17) is 11.6 Å². The van der Waals surface area contributed by atoms with Gasteiger partial charge in [0.15, 0.2) is 0 Å². The van der Waals surface area contributed by atoms with Gasteiger partial charge in [-0.2, -0.15) is 0 Å². The Morgan fingerprint density at radius 3 is 2.38 bits per heavy atom. The van der Waals surface area contributed by atoms with Gasteiger partial charge in [0.05, 0.1) is 5.60 Å². The summed E-state index contributed by atoms with van der Waals surface area (Å²) in [5, 5.41) is 11.5. The van der Waals surface area contributed by atoms with Crippen LogP contribution in [0, 0.1) is 0 Å². The molecule has 5 heteroatoms. The van der Waals surface area contributed by atoms with Crippen LogP contribution in [0.25, 0.3) is 0 Å². The number of hydrogen-bond acceptors (Lipinski definition) is 2. The zero-order valence-corrected chi connectivity index (χ0v) is 14.5. The molecule has 1 aromatic carbocycles. The second-order valence-corrected chi connectivity index (χ2v) is 6.88. The second-order valence-electron chi connectivity index (χ2n) is 6.44. The highest BCUT2D eigenvalue weighted by molar-refractivity contribution is 6.30. The summed E-state index contributed by atoms with van der Waals surface area (Å²) >= 11 is 5.91. The van der Waals surface area contributed by atoms with Crippen LogP contribution in [0.5, 0.6) is 0 Å². The van der Waals surface area contributed by atoms with Gasteiger partial charge in [0.1, 0.15) is 0 Å². The van der Waals surface area contributed by atoms with Crippen molar-refractivity contribution in [1.82, 2.24) is 9.47 Å². The Bertz CT molecular complexity index is 659. The van der Waals surface area contributed by atoms with Crippen LogP contribution in [0.4, 0.5) is 0 Å². The van der Waals surface area contributed by atoms with E-state index in [2.05, 4.69) is 4.57 Å². The fraction of sp³-hybridized carbons (Fsp3) is 0.421. The number of benzene rings is 1. The van der Waals surface area contributed by atoms with Gasteiger partial charge in [0.2, 0.25) is 5.91 Å². The number of halogens is 1. The number of aliphatic hydroxyl groups is 1. The largest absolute Gasteiger partial charge is 0.385 e. The average molecular weight is 347 g/mol. The van der Waals surface area contributed by atoms with Crippen molar-refractivity contribution in [3.8, 4) is 0 Å². The minimum atomic E-state index is -0.855. The molecule has 2 aromatic rings. The fourth-order valence-electron chi connectivity index (χ4n) is 3.27.